The summed E-state index contributed by atoms with van der Waals surface area (Å²) in [4.78, 5) is 24.6. The van der Waals surface area contributed by atoms with Crippen molar-refractivity contribution in [2.75, 3.05) is 27.4 Å². The number of aryl methyl sites for hydroxylation is 1. The fourth-order valence-corrected chi connectivity index (χ4v) is 3.07. The van der Waals surface area contributed by atoms with Crippen LogP contribution in [0.1, 0.15) is 33.7 Å². The number of ether oxygens (including phenoxy) is 3. The SMILES string of the molecule is COCCCn1c(C)cc(C(=O)COC(=O)Cc2ccccc2OC)c1C. The number of aromatic nitrogens is 1. The molecule has 146 valence electrons. The van der Waals surface area contributed by atoms with Crippen molar-refractivity contribution in [1.82, 2.24) is 4.57 Å². The molecule has 1 heterocycles. The zero-order chi connectivity index (χ0) is 19.8. The maximum Gasteiger partial charge on any atom is 0.310 e. The lowest BCUT2D eigenvalue weighted by Crippen LogP contribution is -2.16. The van der Waals surface area contributed by atoms with Crippen LogP contribution in [0.5, 0.6) is 5.75 Å². The molecule has 0 bridgehead atoms. The van der Waals surface area contributed by atoms with E-state index < -0.39 is 5.97 Å². The normalized spacial score (nSPS) is 10.7. The summed E-state index contributed by atoms with van der Waals surface area (Å²) < 4.78 is 17.6. The Morgan fingerprint density at radius 1 is 1.11 bits per heavy atom. The Labute approximate surface area is 160 Å². The Bertz CT molecular complexity index is 794. The van der Waals surface area contributed by atoms with E-state index >= 15 is 0 Å². The predicted molar refractivity (Wildman–Crippen MR) is 102 cm³/mol. The second-order valence-electron chi connectivity index (χ2n) is 6.36. The minimum Gasteiger partial charge on any atom is -0.496 e. The van der Waals surface area contributed by atoms with Crippen LogP contribution in [0.2, 0.25) is 0 Å². The molecule has 1 aromatic heterocycles. The zero-order valence-electron chi connectivity index (χ0n) is 16.4. The quantitative estimate of drug-likeness (QED) is 0.364. The molecule has 0 aliphatic heterocycles. The van der Waals surface area contributed by atoms with Gasteiger partial charge >= 0.3 is 5.97 Å². The molecule has 0 N–H and O–H groups in total. The third-order valence-corrected chi connectivity index (χ3v) is 4.50. The minimum atomic E-state index is -0.457. The lowest BCUT2D eigenvalue weighted by molar-refractivity contribution is -0.141. The van der Waals surface area contributed by atoms with Gasteiger partial charge in [0.2, 0.25) is 5.78 Å². The summed E-state index contributed by atoms with van der Waals surface area (Å²) in [6, 6.07) is 9.09. The number of nitrogens with zero attached hydrogens (tertiary/aromatic N) is 1. The molecule has 2 rings (SSSR count). The fraction of sp³-hybridized carbons (Fsp3) is 0.429. The van der Waals surface area contributed by atoms with Crippen molar-refractivity contribution >= 4 is 11.8 Å². The van der Waals surface area contributed by atoms with Gasteiger partial charge in [-0.2, -0.15) is 0 Å². The molecule has 0 saturated heterocycles. The van der Waals surface area contributed by atoms with Gasteiger partial charge in [0.25, 0.3) is 0 Å². The molecule has 0 amide bonds. The van der Waals surface area contributed by atoms with Gasteiger partial charge in [0.05, 0.1) is 13.5 Å². The molecule has 1 aromatic carbocycles. The molecule has 0 aliphatic carbocycles. The number of benzene rings is 1. The lowest BCUT2D eigenvalue weighted by Gasteiger charge is -2.10. The maximum absolute atomic E-state index is 12.5. The topological polar surface area (TPSA) is 66.8 Å². The van der Waals surface area contributed by atoms with E-state index in [-0.39, 0.29) is 18.8 Å². The summed E-state index contributed by atoms with van der Waals surface area (Å²) in [6.07, 6.45) is 0.932. The number of para-hydroxylation sites is 1. The van der Waals surface area contributed by atoms with Crippen LogP contribution in [0.15, 0.2) is 30.3 Å². The van der Waals surface area contributed by atoms with Gasteiger partial charge in [-0.05, 0) is 32.4 Å². The first-order valence-electron chi connectivity index (χ1n) is 8.94. The molecular formula is C21H27NO5. The Kier molecular flexibility index (Phi) is 7.61. The van der Waals surface area contributed by atoms with Crippen LogP contribution < -0.4 is 4.74 Å². The first-order valence-corrected chi connectivity index (χ1v) is 8.94. The van der Waals surface area contributed by atoms with Crippen LogP contribution in [0.4, 0.5) is 0 Å². The average molecular weight is 373 g/mol. The molecule has 0 saturated carbocycles. The largest absolute Gasteiger partial charge is 0.496 e. The standard InChI is InChI=1S/C21H27NO5/c1-15-12-18(16(2)22(15)10-7-11-25-3)19(23)14-27-21(24)13-17-8-5-6-9-20(17)26-4/h5-6,8-9,12H,7,10-11,13-14H2,1-4H3. The maximum atomic E-state index is 12.5. The highest BCUT2D eigenvalue weighted by molar-refractivity contribution is 5.99. The van der Waals surface area contributed by atoms with E-state index in [4.69, 9.17) is 14.2 Å². The van der Waals surface area contributed by atoms with Crippen molar-refractivity contribution in [1.29, 1.82) is 0 Å². The Hall–Kier alpha value is -2.60. The first-order chi connectivity index (χ1) is 13.0. The second-order valence-corrected chi connectivity index (χ2v) is 6.36. The molecule has 0 aliphatic rings. The van der Waals surface area contributed by atoms with Crippen molar-refractivity contribution in [3.05, 3.63) is 52.8 Å². The highest BCUT2D eigenvalue weighted by Gasteiger charge is 2.18. The lowest BCUT2D eigenvalue weighted by atomic mass is 10.1. The molecule has 0 atom stereocenters. The van der Waals surface area contributed by atoms with Gasteiger partial charge < -0.3 is 18.8 Å². The number of esters is 1. The third kappa shape index (κ3) is 5.44. The van der Waals surface area contributed by atoms with E-state index in [0.29, 0.717) is 17.9 Å². The predicted octanol–water partition coefficient (Wildman–Crippen LogP) is 3.12. The Balaban J connectivity index is 1.95. The van der Waals surface area contributed by atoms with Gasteiger partial charge in [0, 0.05) is 42.8 Å². The minimum absolute atomic E-state index is 0.0628. The summed E-state index contributed by atoms with van der Waals surface area (Å²) in [5.41, 5.74) is 3.21. The molecule has 6 nitrogen and oxygen atoms in total. The van der Waals surface area contributed by atoms with E-state index in [1.807, 2.05) is 32.0 Å². The second kappa shape index (κ2) is 9.92. The van der Waals surface area contributed by atoms with Crippen molar-refractivity contribution in [2.24, 2.45) is 0 Å². The van der Waals surface area contributed by atoms with E-state index in [9.17, 15) is 9.59 Å². The van der Waals surface area contributed by atoms with Crippen LogP contribution in [-0.2, 0) is 27.2 Å². The highest BCUT2D eigenvalue weighted by atomic mass is 16.5. The summed E-state index contributed by atoms with van der Waals surface area (Å²) in [7, 11) is 3.22. The number of rotatable bonds is 10. The van der Waals surface area contributed by atoms with Crippen molar-refractivity contribution < 1.29 is 23.8 Å². The molecule has 0 radical (unpaired) electrons. The molecule has 0 unspecified atom stereocenters. The smallest absolute Gasteiger partial charge is 0.310 e. The number of ketones is 1. The number of Topliss-reactive ketones (excluding diaryl/α,β-unsaturated/α-hetero) is 1. The molecule has 6 heteroatoms. The van der Waals surface area contributed by atoms with Crippen molar-refractivity contribution in [3.8, 4) is 5.75 Å². The summed E-state index contributed by atoms with van der Waals surface area (Å²) in [5.74, 6) is -0.0309. The van der Waals surface area contributed by atoms with Gasteiger partial charge in [-0.25, -0.2) is 0 Å². The Morgan fingerprint density at radius 3 is 2.56 bits per heavy atom. The number of carbonyl (C=O) groups excluding carboxylic acids is 2. The summed E-state index contributed by atoms with van der Waals surface area (Å²) in [5, 5.41) is 0. The monoisotopic (exact) mass is 373 g/mol. The molecular weight excluding hydrogens is 346 g/mol. The van der Waals surface area contributed by atoms with E-state index in [1.165, 1.54) is 0 Å². The van der Waals surface area contributed by atoms with Crippen LogP contribution in [-0.4, -0.2) is 43.8 Å². The fourth-order valence-electron chi connectivity index (χ4n) is 3.07. The summed E-state index contributed by atoms with van der Waals surface area (Å²) in [6.45, 7) is 5.05. The van der Waals surface area contributed by atoms with E-state index in [2.05, 4.69) is 4.57 Å². The molecule has 0 fully saturated rings. The molecule has 2 aromatic rings. The highest BCUT2D eigenvalue weighted by Crippen LogP contribution is 2.19. The van der Waals surface area contributed by atoms with Crippen LogP contribution in [0.25, 0.3) is 0 Å². The zero-order valence-corrected chi connectivity index (χ0v) is 16.4. The van der Waals surface area contributed by atoms with Crippen LogP contribution >= 0.6 is 0 Å². The number of hydrogen-bond donors (Lipinski definition) is 0. The van der Waals surface area contributed by atoms with Crippen molar-refractivity contribution in [2.45, 2.75) is 33.2 Å². The number of hydrogen-bond acceptors (Lipinski definition) is 5. The average Bonchev–Trinajstić information content (AvgIpc) is 2.95. The molecule has 27 heavy (non-hydrogen) atoms. The van der Waals surface area contributed by atoms with Gasteiger partial charge in [-0.15, -0.1) is 0 Å². The van der Waals surface area contributed by atoms with E-state index in [0.717, 1.165) is 29.9 Å². The van der Waals surface area contributed by atoms with Gasteiger partial charge in [-0.3, -0.25) is 9.59 Å². The molecule has 0 spiro atoms. The first kappa shape index (κ1) is 20.7. The Morgan fingerprint density at radius 2 is 1.85 bits per heavy atom. The van der Waals surface area contributed by atoms with Gasteiger partial charge in [0.15, 0.2) is 6.61 Å². The van der Waals surface area contributed by atoms with E-state index in [1.54, 1.807) is 26.4 Å². The van der Waals surface area contributed by atoms with Gasteiger partial charge in [0.1, 0.15) is 5.75 Å². The number of methoxy groups -OCH3 is 2. The van der Waals surface area contributed by atoms with Crippen LogP contribution in [0, 0.1) is 13.8 Å². The third-order valence-electron chi connectivity index (χ3n) is 4.50. The van der Waals surface area contributed by atoms with Crippen LogP contribution in [0.3, 0.4) is 0 Å². The summed E-state index contributed by atoms with van der Waals surface area (Å²) >= 11 is 0. The number of carbonyl (C=O) groups is 2. The van der Waals surface area contributed by atoms with Gasteiger partial charge in [-0.1, -0.05) is 18.2 Å². The van der Waals surface area contributed by atoms with Crippen molar-refractivity contribution in [3.63, 3.8) is 0 Å².